The summed E-state index contributed by atoms with van der Waals surface area (Å²) in [5.41, 5.74) is 0.664. The average molecular weight is 591 g/mol. The molecule has 0 atom stereocenters. The molecule has 3 heterocycles. The van der Waals surface area contributed by atoms with Gasteiger partial charge in [0.15, 0.2) is 11.3 Å². The Balaban J connectivity index is 1.40. The van der Waals surface area contributed by atoms with Crippen LogP contribution in [0.3, 0.4) is 0 Å². The molecule has 39 heavy (non-hydrogen) atoms. The molecule has 7 nitrogen and oxygen atoms in total. The number of halogens is 4. The van der Waals surface area contributed by atoms with Crippen LogP contribution in [0, 0.1) is 0 Å². The van der Waals surface area contributed by atoms with Gasteiger partial charge in [-0.3, -0.25) is 9.48 Å². The standard InChI is InChI=1S/C28H18BrF3N6O/c29-19-13-33-37(16-19)15-17-5-3-8-20(11-17)35-27(39)23-14-34-38-25(28(30,31)32)12-24(36-26(23)38)22-10-4-7-18-6-1-2-9-21(18)22/h1-14,16H,15H2,(H,35,39). The van der Waals surface area contributed by atoms with Gasteiger partial charge in [-0.1, -0.05) is 54.6 Å². The number of alkyl halides is 3. The average Bonchev–Trinajstić information content (AvgIpc) is 3.53. The van der Waals surface area contributed by atoms with Gasteiger partial charge in [0.2, 0.25) is 0 Å². The van der Waals surface area contributed by atoms with Gasteiger partial charge in [0.1, 0.15) is 5.56 Å². The first-order valence-electron chi connectivity index (χ1n) is 11.8. The number of amides is 1. The van der Waals surface area contributed by atoms with Crippen molar-refractivity contribution in [3.63, 3.8) is 0 Å². The summed E-state index contributed by atoms with van der Waals surface area (Å²) >= 11 is 3.36. The fraction of sp³-hybridized carbons (Fsp3) is 0.0714. The Morgan fingerprint density at radius 1 is 0.949 bits per heavy atom. The molecular weight excluding hydrogens is 573 g/mol. The van der Waals surface area contributed by atoms with Gasteiger partial charge in [-0.25, -0.2) is 9.50 Å². The molecule has 3 aromatic carbocycles. The molecule has 1 amide bonds. The minimum absolute atomic E-state index is 0.0796. The number of anilines is 1. The number of hydrogen-bond acceptors (Lipinski definition) is 4. The summed E-state index contributed by atoms with van der Waals surface area (Å²) < 4.78 is 45.6. The van der Waals surface area contributed by atoms with E-state index in [-0.39, 0.29) is 16.9 Å². The van der Waals surface area contributed by atoms with E-state index in [0.29, 0.717) is 22.3 Å². The van der Waals surface area contributed by atoms with Gasteiger partial charge >= 0.3 is 6.18 Å². The Labute approximate surface area is 228 Å². The molecule has 0 saturated carbocycles. The Morgan fingerprint density at radius 3 is 2.54 bits per heavy atom. The lowest BCUT2D eigenvalue weighted by Gasteiger charge is -2.13. The zero-order valence-corrected chi connectivity index (χ0v) is 21.6. The van der Waals surface area contributed by atoms with E-state index in [4.69, 9.17) is 0 Å². The number of hydrogen-bond donors (Lipinski definition) is 1. The third-order valence-corrected chi connectivity index (χ3v) is 6.61. The number of nitrogens with zero attached hydrogens (tertiary/aromatic N) is 5. The molecule has 0 aliphatic carbocycles. The van der Waals surface area contributed by atoms with Gasteiger partial charge < -0.3 is 5.32 Å². The summed E-state index contributed by atoms with van der Waals surface area (Å²) in [5, 5.41) is 12.5. The van der Waals surface area contributed by atoms with E-state index in [9.17, 15) is 18.0 Å². The van der Waals surface area contributed by atoms with E-state index in [0.717, 1.165) is 33.1 Å². The first-order chi connectivity index (χ1) is 18.8. The topological polar surface area (TPSA) is 77.1 Å². The van der Waals surface area contributed by atoms with E-state index in [1.54, 1.807) is 41.2 Å². The summed E-state index contributed by atoms with van der Waals surface area (Å²) in [5.74, 6) is -0.625. The van der Waals surface area contributed by atoms with Crippen LogP contribution in [0.25, 0.3) is 27.7 Å². The van der Waals surface area contributed by atoms with Crippen molar-refractivity contribution >= 4 is 43.9 Å². The van der Waals surface area contributed by atoms with Gasteiger partial charge in [0.25, 0.3) is 5.91 Å². The number of benzene rings is 3. The van der Waals surface area contributed by atoms with Crippen molar-refractivity contribution in [3.8, 4) is 11.3 Å². The molecule has 0 radical (unpaired) electrons. The predicted molar refractivity (Wildman–Crippen MR) is 144 cm³/mol. The fourth-order valence-corrected chi connectivity index (χ4v) is 4.80. The predicted octanol–water partition coefficient (Wildman–Crippen LogP) is 6.83. The lowest BCUT2D eigenvalue weighted by molar-refractivity contribution is -0.142. The molecule has 194 valence electrons. The molecule has 11 heteroatoms. The molecule has 6 aromatic rings. The number of fused-ring (bicyclic) bond motifs is 2. The maximum absolute atomic E-state index is 14.1. The van der Waals surface area contributed by atoms with Gasteiger partial charge in [0, 0.05) is 17.4 Å². The first kappa shape index (κ1) is 24.8. The lowest BCUT2D eigenvalue weighted by Crippen LogP contribution is -2.16. The SMILES string of the molecule is O=C(Nc1cccc(Cn2cc(Br)cn2)c1)c1cnn2c(C(F)(F)F)cc(-c3cccc4ccccc34)nc12. The smallest absolute Gasteiger partial charge is 0.322 e. The quantitative estimate of drug-likeness (QED) is 0.239. The Bertz CT molecular complexity index is 1850. The molecule has 0 bridgehead atoms. The van der Waals surface area contributed by atoms with Crippen LogP contribution in [0.1, 0.15) is 21.6 Å². The van der Waals surface area contributed by atoms with E-state index in [1.807, 2.05) is 42.6 Å². The molecular formula is C28H18BrF3N6O. The highest BCUT2D eigenvalue weighted by Gasteiger charge is 2.36. The van der Waals surface area contributed by atoms with Crippen molar-refractivity contribution < 1.29 is 18.0 Å². The first-order valence-corrected chi connectivity index (χ1v) is 12.6. The monoisotopic (exact) mass is 590 g/mol. The van der Waals surface area contributed by atoms with Gasteiger partial charge in [-0.05, 0) is 50.5 Å². The zero-order chi connectivity index (χ0) is 27.1. The van der Waals surface area contributed by atoms with Crippen LogP contribution in [0.2, 0.25) is 0 Å². The van der Waals surface area contributed by atoms with Crippen molar-refractivity contribution in [2.45, 2.75) is 12.7 Å². The highest BCUT2D eigenvalue weighted by molar-refractivity contribution is 9.10. The van der Waals surface area contributed by atoms with Crippen LogP contribution >= 0.6 is 15.9 Å². The summed E-state index contributed by atoms with van der Waals surface area (Å²) in [6.45, 7) is 0.469. The normalized spacial score (nSPS) is 11.8. The number of carbonyl (C=O) groups excluding carboxylic acids is 1. The molecule has 3 aromatic heterocycles. The minimum atomic E-state index is -4.73. The highest BCUT2D eigenvalue weighted by atomic mass is 79.9. The van der Waals surface area contributed by atoms with Crippen LogP contribution in [0.15, 0.2) is 95.9 Å². The Morgan fingerprint density at radius 2 is 1.74 bits per heavy atom. The second kappa shape index (κ2) is 9.66. The second-order valence-electron chi connectivity index (χ2n) is 8.86. The van der Waals surface area contributed by atoms with Gasteiger partial charge in [-0.2, -0.15) is 23.4 Å². The summed E-state index contributed by atoms with van der Waals surface area (Å²) in [6, 6.07) is 20.8. The number of rotatable bonds is 5. The Hall–Kier alpha value is -4.51. The van der Waals surface area contributed by atoms with Gasteiger partial charge in [-0.15, -0.1) is 0 Å². The third kappa shape index (κ3) is 4.88. The zero-order valence-electron chi connectivity index (χ0n) is 20.0. The molecule has 0 aliphatic heterocycles. The molecule has 0 unspecified atom stereocenters. The number of carbonyl (C=O) groups is 1. The highest BCUT2D eigenvalue weighted by Crippen LogP contribution is 2.35. The molecule has 0 aliphatic rings. The van der Waals surface area contributed by atoms with Crippen molar-refractivity contribution in [2.75, 3.05) is 5.32 Å². The molecule has 0 fully saturated rings. The molecule has 0 saturated heterocycles. The maximum atomic E-state index is 14.1. The van der Waals surface area contributed by atoms with Crippen LogP contribution in [-0.4, -0.2) is 30.3 Å². The lowest BCUT2D eigenvalue weighted by atomic mass is 10.0. The van der Waals surface area contributed by atoms with Crippen LogP contribution in [-0.2, 0) is 12.7 Å². The summed E-state index contributed by atoms with van der Waals surface area (Å²) in [6.07, 6.45) is -0.131. The molecule has 1 N–H and O–H groups in total. The number of nitrogens with one attached hydrogen (secondary N) is 1. The van der Waals surface area contributed by atoms with E-state index < -0.39 is 17.8 Å². The van der Waals surface area contributed by atoms with Crippen molar-refractivity contribution in [2.24, 2.45) is 0 Å². The largest absolute Gasteiger partial charge is 0.433 e. The van der Waals surface area contributed by atoms with E-state index >= 15 is 0 Å². The summed E-state index contributed by atoms with van der Waals surface area (Å²) in [4.78, 5) is 17.8. The van der Waals surface area contributed by atoms with Crippen LogP contribution in [0.5, 0.6) is 0 Å². The van der Waals surface area contributed by atoms with Crippen molar-refractivity contribution in [1.29, 1.82) is 0 Å². The van der Waals surface area contributed by atoms with Crippen LogP contribution in [0.4, 0.5) is 18.9 Å². The Kier molecular flexibility index (Phi) is 6.15. The molecule has 0 spiro atoms. The molecule has 6 rings (SSSR count). The third-order valence-electron chi connectivity index (χ3n) is 6.20. The summed E-state index contributed by atoms with van der Waals surface area (Å²) in [7, 11) is 0. The fourth-order valence-electron chi connectivity index (χ4n) is 4.47. The maximum Gasteiger partial charge on any atom is 0.433 e. The van der Waals surface area contributed by atoms with Crippen molar-refractivity contribution in [3.05, 3.63) is 113 Å². The van der Waals surface area contributed by atoms with E-state index in [2.05, 4.69) is 36.4 Å². The number of aromatic nitrogens is 5. The second-order valence-corrected chi connectivity index (χ2v) is 9.77. The van der Waals surface area contributed by atoms with Gasteiger partial charge in [0.05, 0.1) is 29.1 Å². The van der Waals surface area contributed by atoms with Crippen molar-refractivity contribution in [1.82, 2.24) is 24.4 Å². The van der Waals surface area contributed by atoms with Crippen LogP contribution < -0.4 is 5.32 Å². The minimum Gasteiger partial charge on any atom is -0.322 e. The van der Waals surface area contributed by atoms with E-state index in [1.165, 1.54) is 0 Å².